The summed E-state index contributed by atoms with van der Waals surface area (Å²) in [7, 11) is 0. The maximum absolute atomic E-state index is 12.3. The maximum atomic E-state index is 12.3. The van der Waals surface area contributed by atoms with Gasteiger partial charge in [0.1, 0.15) is 5.69 Å². The number of amides is 1. The third kappa shape index (κ3) is 2.90. The molecule has 0 aromatic carbocycles. The lowest BCUT2D eigenvalue weighted by molar-refractivity contribution is 0.0872. The van der Waals surface area contributed by atoms with Gasteiger partial charge in [-0.3, -0.25) is 9.48 Å². The third-order valence-electron chi connectivity index (χ3n) is 3.53. The zero-order valence-electron chi connectivity index (χ0n) is 11.9. The smallest absolute Gasteiger partial charge is 0.270 e. The standard InChI is InChI=1S/C13H24N4O/c1-6-17-11(7-10(4)16-17)12(18)15-13(5,8-14)9(2)3/h7,9H,6,8,14H2,1-5H3,(H,15,18). The summed E-state index contributed by atoms with van der Waals surface area (Å²) in [6.45, 7) is 11.0. The lowest BCUT2D eigenvalue weighted by atomic mass is 9.88. The van der Waals surface area contributed by atoms with Crippen molar-refractivity contribution >= 4 is 5.91 Å². The van der Waals surface area contributed by atoms with Gasteiger partial charge in [-0.25, -0.2) is 0 Å². The summed E-state index contributed by atoms with van der Waals surface area (Å²) in [5.41, 5.74) is 6.82. The van der Waals surface area contributed by atoms with Crippen molar-refractivity contribution in [3.8, 4) is 0 Å². The quantitative estimate of drug-likeness (QED) is 0.830. The number of hydrogen-bond acceptors (Lipinski definition) is 3. The fourth-order valence-corrected chi connectivity index (χ4v) is 1.72. The largest absolute Gasteiger partial charge is 0.344 e. The van der Waals surface area contributed by atoms with Gasteiger partial charge >= 0.3 is 0 Å². The van der Waals surface area contributed by atoms with Crippen LogP contribution in [-0.2, 0) is 6.54 Å². The molecule has 0 aliphatic heterocycles. The minimum absolute atomic E-state index is 0.112. The Morgan fingerprint density at radius 3 is 2.67 bits per heavy atom. The summed E-state index contributed by atoms with van der Waals surface area (Å²) in [6.07, 6.45) is 0. The molecular formula is C13H24N4O. The van der Waals surface area contributed by atoms with Crippen LogP contribution in [-0.4, -0.2) is 27.8 Å². The van der Waals surface area contributed by atoms with Gasteiger partial charge in [0.15, 0.2) is 0 Å². The zero-order chi connectivity index (χ0) is 13.9. The van der Waals surface area contributed by atoms with E-state index in [1.54, 1.807) is 10.7 Å². The summed E-state index contributed by atoms with van der Waals surface area (Å²) < 4.78 is 1.71. The third-order valence-corrected chi connectivity index (χ3v) is 3.53. The lowest BCUT2D eigenvalue weighted by Crippen LogP contribution is -2.55. The van der Waals surface area contributed by atoms with Crippen molar-refractivity contribution in [1.82, 2.24) is 15.1 Å². The van der Waals surface area contributed by atoms with E-state index >= 15 is 0 Å². The van der Waals surface area contributed by atoms with Gasteiger partial charge in [0.25, 0.3) is 5.91 Å². The molecule has 5 heteroatoms. The van der Waals surface area contributed by atoms with Crippen molar-refractivity contribution in [2.24, 2.45) is 11.7 Å². The maximum Gasteiger partial charge on any atom is 0.270 e. The molecule has 0 bridgehead atoms. The van der Waals surface area contributed by atoms with Crippen molar-refractivity contribution < 1.29 is 4.79 Å². The summed E-state index contributed by atoms with van der Waals surface area (Å²) in [5, 5.41) is 7.30. The van der Waals surface area contributed by atoms with Gasteiger partial charge in [0.05, 0.1) is 11.2 Å². The van der Waals surface area contributed by atoms with Gasteiger partial charge in [-0.05, 0) is 32.8 Å². The van der Waals surface area contributed by atoms with E-state index in [0.717, 1.165) is 5.69 Å². The SMILES string of the molecule is CCn1nc(C)cc1C(=O)NC(C)(CN)C(C)C. The minimum Gasteiger partial charge on any atom is -0.344 e. The summed E-state index contributed by atoms with van der Waals surface area (Å²) in [4.78, 5) is 12.3. The Bertz CT molecular complexity index is 425. The van der Waals surface area contributed by atoms with Crippen molar-refractivity contribution in [3.05, 3.63) is 17.5 Å². The van der Waals surface area contributed by atoms with Crippen LogP contribution in [0.2, 0.25) is 0 Å². The molecule has 1 atom stereocenters. The van der Waals surface area contributed by atoms with Crippen LogP contribution in [0.3, 0.4) is 0 Å². The first-order valence-electron chi connectivity index (χ1n) is 6.41. The van der Waals surface area contributed by atoms with E-state index < -0.39 is 5.54 Å². The first-order valence-corrected chi connectivity index (χ1v) is 6.41. The van der Waals surface area contributed by atoms with E-state index in [1.165, 1.54) is 0 Å². The van der Waals surface area contributed by atoms with Crippen LogP contribution in [0.4, 0.5) is 0 Å². The number of rotatable bonds is 5. The van der Waals surface area contributed by atoms with E-state index in [0.29, 0.717) is 18.8 Å². The van der Waals surface area contributed by atoms with Crippen molar-refractivity contribution in [3.63, 3.8) is 0 Å². The van der Waals surface area contributed by atoms with Crippen LogP contribution in [0.5, 0.6) is 0 Å². The Morgan fingerprint density at radius 2 is 2.22 bits per heavy atom. The lowest BCUT2D eigenvalue weighted by Gasteiger charge is -2.33. The molecule has 0 aliphatic carbocycles. The van der Waals surface area contributed by atoms with Crippen molar-refractivity contribution in [1.29, 1.82) is 0 Å². The molecule has 0 radical (unpaired) electrons. The fourth-order valence-electron chi connectivity index (χ4n) is 1.72. The summed E-state index contributed by atoms with van der Waals surface area (Å²) in [6, 6.07) is 1.80. The second-order valence-corrected chi connectivity index (χ2v) is 5.22. The molecule has 1 rings (SSSR count). The van der Waals surface area contributed by atoms with Gasteiger partial charge in [-0.1, -0.05) is 13.8 Å². The molecular weight excluding hydrogens is 228 g/mol. The molecule has 0 spiro atoms. The number of carbonyl (C=O) groups is 1. The molecule has 5 nitrogen and oxygen atoms in total. The molecule has 18 heavy (non-hydrogen) atoms. The minimum atomic E-state index is -0.395. The van der Waals surface area contributed by atoms with Gasteiger partial charge in [0.2, 0.25) is 0 Å². The number of aromatic nitrogens is 2. The Hall–Kier alpha value is -1.36. The van der Waals surface area contributed by atoms with Crippen molar-refractivity contribution in [2.75, 3.05) is 6.54 Å². The molecule has 0 fully saturated rings. The average molecular weight is 252 g/mol. The Labute approximate surface area is 109 Å². The van der Waals surface area contributed by atoms with Crippen LogP contribution in [0, 0.1) is 12.8 Å². The van der Waals surface area contributed by atoms with E-state index in [1.807, 2.05) is 20.8 Å². The highest BCUT2D eigenvalue weighted by Gasteiger charge is 2.29. The normalized spacial score (nSPS) is 14.6. The molecule has 0 saturated heterocycles. The van der Waals surface area contributed by atoms with Gasteiger partial charge in [0, 0.05) is 13.1 Å². The molecule has 1 amide bonds. The van der Waals surface area contributed by atoms with Crippen LogP contribution < -0.4 is 11.1 Å². The predicted molar refractivity (Wildman–Crippen MR) is 72.4 cm³/mol. The van der Waals surface area contributed by atoms with Gasteiger partial charge < -0.3 is 11.1 Å². The molecule has 3 N–H and O–H groups in total. The topological polar surface area (TPSA) is 72.9 Å². The molecule has 1 aromatic rings. The summed E-state index contributed by atoms with van der Waals surface area (Å²) >= 11 is 0. The molecule has 1 heterocycles. The van der Waals surface area contributed by atoms with E-state index in [-0.39, 0.29) is 11.8 Å². The number of hydrogen-bond donors (Lipinski definition) is 2. The molecule has 0 saturated carbocycles. The zero-order valence-corrected chi connectivity index (χ0v) is 11.9. The first kappa shape index (κ1) is 14.7. The average Bonchev–Trinajstić information content (AvgIpc) is 2.70. The van der Waals surface area contributed by atoms with Crippen LogP contribution in [0.1, 0.15) is 43.9 Å². The summed E-state index contributed by atoms with van der Waals surface area (Å²) in [5.74, 6) is 0.157. The fraction of sp³-hybridized carbons (Fsp3) is 0.692. The molecule has 1 aromatic heterocycles. The second kappa shape index (κ2) is 5.52. The monoisotopic (exact) mass is 252 g/mol. The highest BCUT2D eigenvalue weighted by Crippen LogP contribution is 2.16. The number of nitrogens with one attached hydrogen (secondary N) is 1. The van der Waals surface area contributed by atoms with Crippen LogP contribution in [0.25, 0.3) is 0 Å². The van der Waals surface area contributed by atoms with E-state index in [9.17, 15) is 4.79 Å². The Balaban J connectivity index is 2.94. The number of nitrogens with two attached hydrogens (primary N) is 1. The molecule has 102 valence electrons. The Morgan fingerprint density at radius 1 is 1.61 bits per heavy atom. The van der Waals surface area contributed by atoms with Crippen LogP contribution in [0.15, 0.2) is 6.07 Å². The first-order chi connectivity index (χ1) is 8.34. The van der Waals surface area contributed by atoms with Gasteiger partial charge in [-0.15, -0.1) is 0 Å². The Kier molecular flexibility index (Phi) is 4.51. The van der Waals surface area contributed by atoms with Gasteiger partial charge in [-0.2, -0.15) is 5.10 Å². The molecule has 0 aliphatic rings. The predicted octanol–water partition coefficient (Wildman–Crippen LogP) is 1.31. The van der Waals surface area contributed by atoms with E-state index in [2.05, 4.69) is 24.3 Å². The van der Waals surface area contributed by atoms with Crippen LogP contribution >= 0.6 is 0 Å². The molecule has 1 unspecified atom stereocenters. The number of nitrogens with zero attached hydrogens (tertiary/aromatic N) is 2. The highest BCUT2D eigenvalue weighted by atomic mass is 16.2. The highest BCUT2D eigenvalue weighted by molar-refractivity contribution is 5.93. The van der Waals surface area contributed by atoms with Crippen molar-refractivity contribution in [2.45, 2.75) is 46.7 Å². The number of carbonyl (C=O) groups excluding carboxylic acids is 1. The van der Waals surface area contributed by atoms with E-state index in [4.69, 9.17) is 5.73 Å². The second-order valence-electron chi connectivity index (χ2n) is 5.22. The number of aryl methyl sites for hydroxylation is 2.